The summed E-state index contributed by atoms with van der Waals surface area (Å²) in [6.45, 7) is 0.591. The number of carbonyl (C=O) groups excluding carboxylic acids is 1. The smallest absolute Gasteiger partial charge is 0.241 e. The maximum atomic E-state index is 12.2. The third-order valence-corrected chi connectivity index (χ3v) is 3.35. The van der Waals surface area contributed by atoms with Gasteiger partial charge in [0.1, 0.15) is 6.07 Å². The molecule has 1 aromatic carbocycles. The highest BCUT2D eigenvalue weighted by Crippen LogP contribution is 2.16. The van der Waals surface area contributed by atoms with Crippen molar-refractivity contribution in [1.29, 1.82) is 5.26 Å². The Hall–Kier alpha value is -2.65. The predicted octanol–water partition coefficient (Wildman–Crippen LogP) is 0.934. The minimum atomic E-state index is -0.336. The number of para-hydroxylation sites is 1. The number of nitrogens with one attached hydrogen (secondary N) is 3. The van der Waals surface area contributed by atoms with Crippen LogP contribution in [0.5, 0.6) is 0 Å². The van der Waals surface area contributed by atoms with Gasteiger partial charge in [0, 0.05) is 13.0 Å². The fourth-order valence-electron chi connectivity index (χ4n) is 2.26. The number of hydrogen-bond acceptors (Lipinski definition) is 4. The van der Waals surface area contributed by atoms with Crippen molar-refractivity contribution in [3.63, 3.8) is 0 Å². The van der Waals surface area contributed by atoms with E-state index in [2.05, 4.69) is 26.7 Å². The molecule has 1 unspecified atom stereocenters. The van der Waals surface area contributed by atoms with Crippen molar-refractivity contribution < 1.29 is 4.79 Å². The fraction of sp³-hybridized carbons (Fsp3) is 0.214. The van der Waals surface area contributed by atoms with E-state index in [0.717, 1.165) is 11.4 Å². The first-order valence-corrected chi connectivity index (χ1v) is 6.32. The van der Waals surface area contributed by atoms with Crippen LogP contribution in [0.4, 0.5) is 5.69 Å². The molecule has 0 aliphatic carbocycles. The number of nitrogens with zero attached hydrogens (tertiary/aromatic N) is 2. The molecule has 0 bridgehead atoms. The van der Waals surface area contributed by atoms with E-state index < -0.39 is 0 Å². The third kappa shape index (κ3) is 2.27. The summed E-state index contributed by atoms with van der Waals surface area (Å²) < 4.78 is 0. The fourth-order valence-corrected chi connectivity index (χ4v) is 2.26. The van der Waals surface area contributed by atoms with Crippen LogP contribution in [0.1, 0.15) is 17.0 Å². The molecule has 1 aliphatic rings. The Bertz CT molecular complexity index is 685. The first-order valence-electron chi connectivity index (χ1n) is 6.32. The number of aromatic amines is 1. The summed E-state index contributed by atoms with van der Waals surface area (Å²) in [6, 6.07) is 8.68. The molecule has 0 saturated heterocycles. The van der Waals surface area contributed by atoms with Gasteiger partial charge in [0.15, 0.2) is 0 Å². The standard InChI is InChI=1S/C14H13N5O/c15-6-9-3-1-2-4-10(9)19-14(20)12-5-11-13(7-16-12)18-8-17-11/h1-4,8,12,16H,5,7H2,(H,17,18)(H,19,20). The van der Waals surface area contributed by atoms with E-state index in [0.29, 0.717) is 24.2 Å². The predicted molar refractivity (Wildman–Crippen MR) is 72.7 cm³/mol. The van der Waals surface area contributed by atoms with E-state index >= 15 is 0 Å². The molecule has 2 aromatic rings. The van der Waals surface area contributed by atoms with E-state index in [1.807, 2.05) is 0 Å². The minimum Gasteiger partial charge on any atom is -0.347 e. The van der Waals surface area contributed by atoms with Crippen molar-refractivity contribution in [2.24, 2.45) is 0 Å². The lowest BCUT2D eigenvalue weighted by Crippen LogP contribution is -2.44. The summed E-state index contributed by atoms with van der Waals surface area (Å²) in [6.07, 6.45) is 2.18. The Kier molecular flexibility index (Phi) is 3.19. The van der Waals surface area contributed by atoms with Crippen LogP contribution in [0.15, 0.2) is 30.6 Å². The molecule has 1 atom stereocenters. The lowest BCUT2D eigenvalue weighted by Gasteiger charge is -2.22. The summed E-state index contributed by atoms with van der Waals surface area (Å²) in [5, 5.41) is 15.0. The van der Waals surface area contributed by atoms with Gasteiger partial charge in [0.2, 0.25) is 5.91 Å². The first-order chi connectivity index (χ1) is 9.78. The summed E-state index contributed by atoms with van der Waals surface area (Å²) in [4.78, 5) is 19.5. The number of anilines is 1. The zero-order chi connectivity index (χ0) is 13.9. The van der Waals surface area contributed by atoms with Gasteiger partial charge in [-0.3, -0.25) is 10.1 Å². The van der Waals surface area contributed by atoms with Crippen LogP contribution in [-0.2, 0) is 17.8 Å². The van der Waals surface area contributed by atoms with Crippen LogP contribution in [-0.4, -0.2) is 21.9 Å². The Morgan fingerprint density at radius 1 is 1.45 bits per heavy atom. The summed E-state index contributed by atoms with van der Waals surface area (Å²) in [5.41, 5.74) is 2.93. The van der Waals surface area contributed by atoms with E-state index in [1.165, 1.54) is 0 Å². The van der Waals surface area contributed by atoms with Crippen LogP contribution in [0, 0.1) is 11.3 Å². The van der Waals surface area contributed by atoms with E-state index in [4.69, 9.17) is 5.26 Å². The van der Waals surface area contributed by atoms with Crippen molar-refractivity contribution >= 4 is 11.6 Å². The van der Waals surface area contributed by atoms with Crippen LogP contribution in [0.25, 0.3) is 0 Å². The maximum Gasteiger partial charge on any atom is 0.241 e. The molecule has 0 spiro atoms. The third-order valence-electron chi connectivity index (χ3n) is 3.35. The maximum absolute atomic E-state index is 12.2. The van der Waals surface area contributed by atoms with Crippen molar-refractivity contribution in [2.45, 2.75) is 19.0 Å². The molecule has 1 aromatic heterocycles. The molecule has 3 rings (SSSR count). The molecular formula is C14H13N5O. The lowest BCUT2D eigenvalue weighted by atomic mass is 10.0. The van der Waals surface area contributed by atoms with Gasteiger partial charge in [0.05, 0.1) is 35.0 Å². The molecule has 20 heavy (non-hydrogen) atoms. The molecule has 0 fully saturated rings. The van der Waals surface area contributed by atoms with Gasteiger partial charge in [-0.15, -0.1) is 0 Å². The van der Waals surface area contributed by atoms with Gasteiger partial charge >= 0.3 is 0 Å². The molecular weight excluding hydrogens is 254 g/mol. The zero-order valence-electron chi connectivity index (χ0n) is 10.7. The second-order valence-electron chi connectivity index (χ2n) is 4.61. The number of amides is 1. The largest absolute Gasteiger partial charge is 0.347 e. The molecule has 1 aliphatic heterocycles. The van der Waals surface area contributed by atoms with Crippen LogP contribution in [0.2, 0.25) is 0 Å². The lowest BCUT2D eigenvalue weighted by molar-refractivity contribution is -0.118. The van der Waals surface area contributed by atoms with Crippen molar-refractivity contribution in [2.75, 3.05) is 5.32 Å². The highest BCUT2D eigenvalue weighted by atomic mass is 16.2. The molecule has 0 saturated carbocycles. The number of imidazole rings is 1. The first kappa shape index (κ1) is 12.4. The van der Waals surface area contributed by atoms with E-state index in [1.54, 1.807) is 30.6 Å². The van der Waals surface area contributed by atoms with Crippen molar-refractivity contribution in [3.05, 3.63) is 47.5 Å². The molecule has 0 radical (unpaired) electrons. The average molecular weight is 267 g/mol. The SMILES string of the molecule is N#Cc1ccccc1NC(=O)C1Cc2nc[nH]c2CN1. The number of H-pyrrole nitrogens is 1. The number of benzene rings is 1. The van der Waals surface area contributed by atoms with E-state index in [-0.39, 0.29) is 11.9 Å². The van der Waals surface area contributed by atoms with Crippen LogP contribution >= 0.6 is 0 Å². The molecule has 3 N–H and O–H groups in total. The number of nitriles is 1. The van der Waals surface area contributed by atoms with Crippen LogP contribution < -0.4 is 10.6 Å². The quantitative estimate of drug-likeness (QED) is 0.754. The normalized spacial score (nSPS) is 17.1. The summed E-state index contributed by atoms with van der Waals surface area (Å²) in [5.74, 6) is -0.152. The van der Waals surface area contributed by atoms with Gasteiger partial charge in [-0.2, -0.15) is 5.26 Å². The zero-order valence-corrected chi connectivity index (χ0v) is 10.7. The highest BCUT2D eigenvalue weighted by Gasteiger charge is 2.26. The Morgan fingerprint density at radius 3 is 3.15 bits per heavy atom. The summed E-state index contributed by atoms with van der Waals surface area (Å²) in [7, 11) is 0. The number of aromatic nitrogens is 2. The molecule has 1 amide bonds. The molecule has 2 heterocycles. The Balaban J connectivity index is 1.73. The van der Waals surface area contributed by atoms with Gasteiger partial charge in [-0.05, 0) is 12.1 Å². The van der Waals surface area contributed by atoms with Crippen molar-refractivity contribution in [1.82, 2.24) is 15.3 Å². The van der Waals surface area contributed by atoms with Crippen LogP contribution in [0.3, 0.4) is 0 Å². The Labute approximate surface area is 115 Å². The van der Waals surface area contributed by atoms with Gasteiger partial charge in [0.25, 0.3) is 0 Å². The second-order valence-corrected chi connectivity index (χ2v) is 4.61. The number of hydrogen-bond donors (Lipinski definition) is 3. The van der Waals surface area contributed by atoms with Gasteiger partial charge < -0.3 is 10.3 Å². The van der Waals surface area contributed by atoms with E-state index in [9.17, 15) is 4.79 Å². The molecule has 6 heteroatoms. The topological polar surface area (TPSA) is 93.6 Å². The monoisotopic (exact) mass is 267 g/mol. The number of carbonyl (C=O) groups is 1. The average Bonchev–Trinajstić information content (AvgIpc) is 2.95. The van der Waals surface area contributed by atoms with Crippen molar-refractivity contribution in [3.8, 4) is 6.07 Å². The molecule has 100 valence electrons. The Morgan fingerprint density at radius 2 is 2.30 bits per heavy atom. The van der Waals surface area contributed by atoms with Gasteiger partial charge in [-0.1, -0.05) is 12.1 Å². The minimum absolute atomic E-state index is 0.152. The molecule has 6 nitrogen and oxygen atoms in total. The second kappa shape index (κ2) is 5.15. The number of fused-ring (bicyclic) bond motifs is 1. The highest BCUT2D eigenvalue weighted by molar-refractivity contribution is 5.96. The van der Waals surface area contributed by atoms with Gasteiger partial charge in [-0.25, -0.2) is 4.98 Å². The summed E-state index contributed by atoms with van der Waals surface area (Å²) >= 11 is 0. The number of rotatable bonds is 2.